The lowest BCUT2D eigenvalue weighted by atomic mass is 9.84. The maximum Gasteiger partial charge on any atom is 0.251 e. The summed E-state index contributed by atoms with van der Waals surface area (Å²) >= 11 is 5.71. The number of ether oxygens (including phenoxy) is 1. The van der Waals surface area contributed by atoms with E-state index in [1.807, 2.05) is 0 Å². The van der Waals surface area contributed by atoms with Crippen molar-refractivity contribution in [3.63, 3.8) is 0 Å². The highest BCUT2D eigenvalue weighted by Gasteiger charge is 2.34. The number of amides is 1. The predicted octanol–water partition coefficient (Wildman–Crippen LogP) is 2.68. The Morgan fingerprint density at radius 3 is 2.62 bits per heavy atom. The lowest BCUT2D eigenvalue weighted by Gasteiger charge is -2.44. The number of benzene rings is 1. The normalized spacial score (nSPS) is 25.5. The molecule has 2 bridgehead atoms. The molecule has 0 aliphatic carbocycles. The molecule has 4 heterocycles. The molecule has 0 saturated carbocycles. The smallest absolute Gasteiger partial charge is 0.251 e. The molecule has 1 amide bonds. The number of fused-ring (bicyclic) bond motifs is 3. The van der Waals surface area contributed by atoms with Crippen molar-refractivity contribution in [1.29, 1.82) is 0 Å². The predicted molar refractivity (Wildman–Crippen MR) is 90.5 cm³/mol. The van der Waals surface area contributed by atoms with Crippen LogP contribution in [0.25, 0.3) is 0 Å². The lowest BCUT2D eigenvalue weighted by molar-refractivity contribution is 0.0620. The van der Waals surface area contributed by atoms with Crippen LogP contribution in [0.2, 0.25) is 5.28 Å². The van der Waals surface area contributed by atoms with E-state index in [4.69, 9.17) is 16.3 Å². The maximum atomic E-state index is 12.5. The molecule has 126 valence electrons. The molecule has 0 radical (unpaired) electrons. The van der Waals surface area contributed by atoms with Crippen molar-refractivity contribution < 1.29 is 9.53 Å². The standard InChI is InChI=1S/C17H19ClN4O2/c18-17-19-9-15(21-17)24-13-3-1-12(2-4-13)16(23)20-14-10-22-7-5-11(14)6-8-22/h1-4,9,11,14H,5-8,10H2,(H,19,21)(H,20,23)/t14-/m0/s1. The molecular weight excluding hydrogens is 328 g/mol. The first-order valence-electron chi connectivity index (χ1n) is 8.19. The molecule has 24 heavy (non-hydrogen) atoms. The van der Waals surface area contributed by atoms with Crippen LogP contribution in [-0.4, -0.2) is 46.5 Å². The van der Waals surface area contributed by atoms with Gasteiger partial charge in [0.2, 0.25) is 11.2 Å². The average Bonchev–Trinajstić information content (AvgIpc) is 3.01. The summed E-state index contributed by atoms with van der Waals surface area (Å²) in [6, 6.07) is 7.33. The molecule has 2 N–H and O–H groups in total. The van der Waals surface area contributed by atoms with Gasteiger partial charge < -0.3 is 15.0 Å². The fraction of sp³-hybridized carbons (Fsp3) is 0.412. The molecule has 1 aromatic heterocycles. The van der Waals surface area contributed by atoms with Crippen molar-refractivity contribution in [1.82, 2.24) is 20.2 Å². The van der Waals surface area contributed by atoms with E-state index in [9.17, 15) is 4.79 Å². The highest BCUT2D eigenvalue weighted by molar-refractivity contribution is 6.28. The van der Waals surface area contributed by atoms with E-state index in [0.717, 1.165) is 6.54 Å². The summed E-state index contributed by atoms with van der Waals surface area (Å²) in [7, 11) is 0. The molecule has 3 saturated heterocycles. The number of hydrogen-bond acceptors (Lipinski definition) is 4. The highest BCUT2D eigenvalue weighted by atomic mass is 35.5. The quantitative estimate of drug-likeness (QED) is 0.893. The van der Waals surface area contributed by atoms with E-state index in [-0.39, 0.29) is 17.2 Å². The van der Waals surface area contributed by atoms with Crippen LogP contribution in [0.3, 0.4) is 0 Å². The van der Waals surface area contributed by atoms with Crippen LogP contribution in [0.15, 0.2) is 30.5 Å². The first-order valence-corrected chi connectivity index (χ1v) is 8.57. The molecule has 0 spiro atoms. The molecule has 3 aliphatic rings. The van der Waals surface area contributed by atoms with E-state index in [1.54, 1.807) is 24.3 Å². The van der Waals surface area contributed by atoms with Gasteiger partial charge in [-0.2, -0.15) is 0 Å². The van der Waals surface area contributed by atoms with Crippen molar-refractivity contribution in [2.24, 2.45) is 5.92 Å². The van der Waals surface area contributed by atoms with Gasteiger partial charge in [0.15, 0.2) is 0 Å². The summed E-state index contributed by atoms with van der Waals surface area (Å²) in [6.07, 6.45) is 3.88. The van der Waals surface area contributed by atoms with Crippen LogP contribution < -0.4 is 10.1 Å². The van der Waals surface area contributed by atoms with Gasteiger partial charge in [0.1, 0.15) is 5.75 Å². The first-order chi connectivity index (χ1) is 11.7. The maximum absolute atomic E-state index is 12.5. The Bertz CT molecular complexity index is 722. The molecule has 5 rings (SSSR count). The number of carbonyl (C=O) groups excluding carboxylic acids is 1. The summed E-state index contributed by atoms with van der Waals surface area (Å²) in [4.78, 5) is 21.5. The highest BCUT2D eigenvalue weighted by Crippen LogP contribution is 2.28. The van der Waals surface area contributed by atoms with Gasteiger partial charge in [0.25, 0.3) is 5.91 Å². The topological polar surface area (TPSA) is 70.2 Å². The molecule has 1 atom stereocenters. The lowest BCUT2D eigenvalue weighted by Crippen LogP contribution is -2.57. The van der Waals surface area contributed by atoms with Crippen LogP contribution in [-0.2, 0) is 0 Å². The second-order valence-electron chi connectivity index (χ2n) is 6.38. The molecule has 3 aliphatic heterocycles. The third-order valence-electron chi connectivity index (χ3n) is 4.84. The molecule has 7 heteroatoms. The molecule has 6 nitrogen and oxygen atoms in total. The van der Waals surface area contributed by atoms with Crippen LogP contribution in [0.4, 0.5) is 0 Å². The zero-order valence-electron chi connectivity index (χ0n) is 13.2. The number of rotatable bonds is 4. The van der Waals surface area contributed by atoms with E-state index < -0.39 is 0 Å². The molecular formula is C17H19ClN4O2. The Labute approximate surface area is 145 Å². The monoisotopic (exact) mass is 346 g/mol. The number of aromatic nitrogens is 2. The minimum Gasteiger partial charge on any atom is -0.439 e. The third kappa shape index (κ3) is 3.25. The van der Waals surface area contributed by atoms with Crippen molar-refractivity contribution in [3.05, 3.63) is 41.3 Å². The van der Waals surface area contributed by atoms with Crippen LogP contribution in [0.5, 0.6) is 11.6 Å². The number of H-pyrrole nitrogens is 1. The van der Waals surface area contributed by atoms with Crippen molar-refractivity contribution in [3.8, 4) is 11.6 Å². The van der Waals surface area contributed by atoms with Crippen molar-refractivity contribution in [2.75, 3.05) is 19.6 Å². The largest absolute Gasteiger partial charge is 0.439 e. The Morgan fingerprint density at radius 1 is 1.29 bits per heavy atom. The van der Waals surface area contributed by atoms with Crippen molar-refractivity contribution in [2.45, 2.75) is 18.9 Å². The summed E-state index contributed by atoms with van der Waals surface area (Å²) in [5.74, 6) is 1.68. The summed E-state index contributed by atoms with van der Waals surface area (Å²) < 4.78 is 5.58. The van der Waals surface area contributed by atoms with Crippen molar-refractivity contribution >= 4 is 17.5 Å². The van der Waals surface area contributed by atoms with Gasteiger partial charge in [0, 0.05) is 18.2 Å². The Morgan fingerprint density at radius 2 is 2.04 bits per heavy atom. The Balaban J connectivity index is 1.38. The zero-order chi connectivity index (χ0) is 16.5. The molecule has 2 aromatic rings. The van der Waals surface area contributed by atoms with E-state index in [0.29, 0.717) is 23.1 Å². The Kier molecular flexibility index (Phi) is 4.16. The first kappa shape index (κ1) is 15.5. The van der Waals surface area contributed by atoms with E-state index in [1.165, 1.54) is 32.1 Å². The number of carbonyl (C=O) groups is 1. The van der Waals surface area contributed by atoms with Gasteiger partial charge in [-0.1, -0.05) is 0 Å². The zero-order valence-corrected chi connectivity index (χ0v) is 13.9. The van der Waals surface area contributed by atoms with Crippen LogP contribution in [0, 0.1) is 5.92 Å². The van der Waals surface area contributed by atoms with E-state index >= 15 is 0 Å². The average molecular weight is 347 g/mol. The minimum absolute atomic E-state index is 0.0233. The number of hydrogen-bond donors (Lipinski definition) is 2. The molecule has 1 aromatic carbocycles. The number of halogens is 1. The number of nitrogens with zero attached hydrogens (tertiary/aromatic N) is 2. The van der Waals surface area contributed by atoms with E-state index in [2.05, 4.69) is 20.2 Å². The fourth-order valence-electron chi connectivity index (χ4n) is 3.52. The SMILES string of the molecule is O=C(N[C@H]1CN2CCC1CC2)c1ccc(Oc2cnc(Cl)[nH]2)cc1. The number of piperidine rings is 3. The van der Waals surface area contributed by atoms with Gasteiger partial charge in [-0.05, 0) is 67.7 Å². The molecule has 3 fully saturated rings. The van der Waals surface area contributed by atoms with Gasteiger partial charge >= 0.3 is 0 Å². The van der Waals surface area contributed by atoms with Crippen LogP contribution in [0.1, 0.15) is 23.2 Å². The number of aromatic amines is 1. The fourth-order valence-corrected chi connectivity index (χ4v) is 3.66. The van der Waals surface area contributed by atoms with Gasteiger partial charge in [-0.25, -0.2) is 4.98 Å². The van der Waals surface area contributed by atoms with Gasteiger partial charge in [0.05, 0.1) is 6.20 Å². The third-order valence-corrected chi connectivity index (χ3v) is 5.03. The number of imidazole rings is 1. The van der Waals surface area contributed by atoms with Crippen LogP contribution >= 0.6 is 11.6 Å². The second-order valence-corrected chi connectivity index (χ2v) is 6.74. The second kappa shape index (κ2) is 6.45. The minimum atomic E-state index is -0.0233. The Hall–Kier alpha value is -2.05. The van der Waals surface area contributed by atoms with Gasteiger partial charge in [-0.3, -0.25) is 9.78 Å². The van der Waals surface area contributed by atoms with Gasteiger partial charge in [-0.15, -0.1) is 0 Å². The number of nitrogens with one attached hydrogen (secondary N) is 2. The summed E-state index contributed by atoms with van der Waals surface area (Å²) in [5, 5.41) is 3.46. The summed E-state index contributed by atoms with van der Waals surface area (Å²) in [6.45, 7) is 3.31. The molecule has 0 unspecified atom stereocenters. The summed E-state index contributed by atoms with van der Waals surface area (Å²) in [5.41, 5.74) is 0.640.